The molecule has 9 nitrogen and oxygen atoms in total. The molecule has 0 radical (unpaired) electrons. The number of fused-ring (bicyclic) bond motifs is 2. The van der Waals surface area contributed by atoms with E-state index in [0.717, 1.165) is 56.6 Å². The largest absolute Gasteiger partial charge is 0.335 e. The normalized spacial score (nSPS) is 11.4. The minimum atomic E-state index is -0.264. The number of thiophene rings is 1. The van der Waals surface area contributed by atoms with Crippen LogP contribution in [0.25, 0.3) is 55.2 Å². The Morgan fingerprint density at radius 2 is 1.97 bits per heavy atom. The maximum absolute atomic E-state index is 13.7. The highest BCUT2D eigenvalue weighted by Gasteiger charge is 2.17. The number of hydrogen-bond acceptors (Lipinski definition) is 7. The third-order valence-electron chi connectivity index (χ3n) is 5.98. The van der Waals surface area contributed by atoms with Gasteiger partial charge in [0.15, 0.2) is 11.0 Å². The first-order valence-electron chi connectivity index (χ1n) is 11.8. The number of carbonyl (C=O) groups is 1. The van der Waals surface area contributed by atoms with Gasteiger partial charge in [0, 0.05) is 40.2 Å². The monoisotopic (exact) mass is 512 g/mol. The summed E-state index contributed by atoms with van der Waals surface area (Å²) in [5.74, 6) is 0.519. The van der Waals surface area contributed by atoms with Crippen molar-refractivity contribution >= 4 is 44.9 Å². The number of aromatic amines is 2. The van der Waals surface area contributed by atoms with Gasteiger partial charge in [-0.1, -0.05) is 13.3 Å². The zero-order chi connectivity index (χ0) is 25.4. The van der Waals surface area contributed by atoms with E-state index >= 15 is 0 Å². The number of H-pyrrole nitrogens is 2. The Hall–Kier alpha value is -4.51. The molecule has 0 unspecified atom stereocenters. The van der Waals surface area contributed by atoms with Gasteiger partial charge >= 0.3 is 0 Å². The van der Waals surface area contributed by atoms with E-state index in [2.05, 4.69) is 35.5 Å². The van der Waals surface area contributed by atoms with Gasteiger partial charge in [-0.3, -0.25) is 24.8 Å². The van der Waals surface area contributed by atoms with E-state index in [1.54, 1.807) is 37.1 Å². The predicted octanol–water partition coefficient (Wildman–Crippen LogP) is 5.95. The van der Waals surface area contributed by atoms with Gasteiger partial charge in [0.25, 0.3) is 0 Å². The lowest BCUT2D eigenvalue weighted by molar-refractivity contribution is -0.116. The fourth-order valence-corrected chi connectivity index (χ4v) is 4.89. The Morgan fingerprint density at radius 3 is 2.81 bits per heavy atom. The van der Waals surface area contributed by atoms with Crippen LogP contribution in [-0.2, 0) is 4.79 Å². The minimum Gasteiger partial charge on any atom is -0.335 e. The average molecular weight is 513 g/mol. The topological polar surface area (TPSA) is 125 Å². The molecule has 3 N–H and O–H groups in total. The minimum absolute atomic E-state index is 0.0367. The molecule has 0 aliphatic carbocycles. The van der Waals surface area contributed by atoms with Crippen molar-refractivity contribution in [1.82, 2.24) is 35.1 Å². The summed E-state index contributed by atoms with van der Waals surface area (Å²) in [7, 11) is 0. The molecule has 11 heteroatoms. The van der Waals surface area contributed by atoms with Crippen LogP contribution in [0.5, 0.6) is 0 Å². The molecule has 0 fully saturated rings. The maximum Gasteiger partial charge on any atom is 0.224 e. The van der Waals surface area contributed by atoms with Crippen molar-refractivity contribution in [3.8, 4) is 33.2 Å². The first kappa shape index (κ1) is 22.9. The zero-order valence-electron chi connectivity index (χ0n) is 19.7. The Bertz CT molecular complexity index is 1750. The van der Waals surface area contributed by atoms with Crippen molar-refractivity contribution in [3.05, 3.63) is 60.4 Å². The van der Waals surface area contributed by atoms with Crippen molar-refractivity contribution in [2.75, 3.05) is 5.32 Å². The highest BCUT2D eigenvalue weighted by molar-refractivity contribution is 7.14. The molecule has 6 aromatic rings. The van der Waals surface area contributed by atoms with Gasteiger partial charge in [-0.2, -0.15) is 9.49 Å². The van der Waals surface area contributed by atoms with E-state index in [1.807, 2.05) is 19.1 Å². The fourth-order valence-electron chi connectivity index (χ4n) is 4.15. The smallest absolute Gasteiger partial charge is 0.224 e. The molecular formula is C26H21FN8OS. The molecule has 0 bridgehead atoms. The second-order valence-corrected chi connectivity index (χ2v) is 9.61. The Morgan fingerprint density at radius 1 is 1.08 bits per heavy atom. The van der Waals surface area contributed by atoms with Crippen molar-refractivity contribution < 1.29 is 9.18 Å². The molecule has 6 aromatic heterocycles. The van der Waals surface area contributed by atoms with E-state index in [9.17, 15) is 9.18 Å². The van der Waals surface area contributed by atoms with Gasteiger partial charge in [-0.25, -0.2) is 4.98 Å². The molecule has 0 aliphatic rings. The van der Waals surface area contributed by atoms with E-state index < -0.39 is 0 Å². The van der Waals surface area contributed by atoms with Gasteiger partial charge in [-0.05, 0) is 30.7 Å². The van der Waals surface area contributed by atoms with E-state index in [0.29, 0.717) is 34.8 Å². The molecule has 0 aromatic carbocycles. The summed E-state index contributed by atoms with van der Waals surface area (Å²) in [6.07, 6.45) is 10.7. The number of anilines is 1. The summed E-state index contributed by atoms with van der Waals surface area (Å²) in [6, 6.07) is 6.92. The van der Waals surface area contributed by atoms with Gasteiger partial charge in [0.1, 0.15) is 11.2 Å². The number of carbonyl (C=O) groups excluding carboxylic acids is 1. The quantitative estimate of drug-likeness (QED) is 0.243. The van der Waals surface area contributed by atoms with Gasteiger partial charge in [0.05, 0.1) is 41.0 Å². The number of nitrogens with one attached hydrogen (secondary N) is 3. The van der Waals surface area contributed by atoms with Crippen LogP contribution in [0.4, 0.5) is 10.1 Å². The first-order chi connectivity index (χ1) is 18.1. The Balaban J connectivity index is 1.37. The van der Waals surface area contributed by atoms with Crippen molar-refractivity contribution in [3.63, 3.8) is 0 Å². The van der Waals surface area contributed by atoms with Crippen LogP contribution in [0.3, 0.4) is 0 Å². The van der Waals surface area contributed by atoms with Crippen molar-refractivity contribution in [1.29, 1.82) is 0 Å². The number of amides is 1. The second-order valence-electron chi connectivity index (χ2n) is 8.57. The molecular weight excluding hydrogens is 491 g/mol. The molecule has 37 heavy (non-hydrogen) atoms. The van der Waals surface area contributed by atoms with E-state index in [4.69, 9.17) is 4.98 Å². The van der Waals surface area contributed by atoms with Crippen LogP contribution in [-0.4, -0.2) is 41.0 Å². The maximum atomic E-state index is 13.7. The SMILES string of the molecule is CCCCC(=O)Nc1cncc(-c2cc3c(-c4nc5c(-c6ccc(F)s6)cncc5[nH]4)n[nH]c3cn2)c1. The van der Waals surface area contributed by atoms with E-state index in [1.165, 1.54) is 6.07 Å². The lowest BCUT2D eigenvalue weighted by atomic mass is 10.1. The molecule has 0 aliphatic heterocycles. The lowest BCUT2D eigenvalue weighted by Crippen LogP contribution is -2.11. The third kappa shape index (κ3) is 4.45. The number of halogens is 1. The molecule has 0 atom stereocenters. The number of aromatic nitrogens is 7. The van der Waals surface area contributed by atoms with Crippen LogP contribution in [0.2, 0.25) is 0 Å². The summed E-state index contributed by atoms with van der Waals surface area (Å²) in [5.41, 5.74) is 5.59. The van der Waals surface area contributed by atoms with Gasteiger partial charge < -0.3 is 10.3 Å². The molecule has 0 saturated carbocycles. The third-order valence-corrected chi connectivity index (χ3v) is 6.89. The summed E-state index contributed by atoms with van der Waals surface area (Å²) in [4.78, 5) is 34.1. The zero-order valence-corrected chi connectivity index (χ0v) is 20.6. The fraction of sp³-hybridized carbons (Fsp3) is 0.154. The number of imidazole rings is 1. The van der Waals surface area contributed by atoms with Crippen LogP contribution in [0.1, 0.15) is 26.2 Å². The summed E-state index contributed by atoms with van der Waals surface area (Å²) < 4.78 is 13.7. The van der Waals surface area contributed by atoms with Crippen molar-refractivity contribution in [2.45, 2.75) is 26.2 Å². The van der Waals surface area contributed by atoms with Crippen LogP contribution >= 0.6 is 11.3 Å². The molecule has 6 heterocycles. The van der Waals surface area contributed by atoms with Gasteiger partial charge in [-0.15, -0.1) is 11.3 Å². The summed E-state index contributed by atoms with van der Waals surface area (Å²) >= 11 is 1.05. The van der Waals surface area contributed by atoms with Crippen molar-refractivity contribution in [2.24, 2.45) is 0 Å². The number of rotatable bonds is 7. The van der Waals surface area contributed by atoms with Crippen LogP contribution in [0.15, 0.2) is 55.2 Å². The highest BCUT2D eigenvalue weighted by atomic mass is 32.1. The number of hydrogen-bond donors (Lipinski definition) is 3. The molecule has 6 rings (SSSR count). The number of pyridine rings is 3. The lowest BCUT2D eigenvalue weighted by Gasteiger charge is -2.07. The molecule has 184 valence electrons. The first-order valence-corrected chi connectivity index (χ1v) is 12.6. The molecule has 0 saturated heterocycles. The van der Waals surface area contributed by atoms with E-state index in [-0.39, 0.29) is 11.0 Å². The highest BCUT2D eigenvalue weighted by Crippen LogP contribution is 2.34. The average Bonchev–Trinajstić information content (AvgIpc) is 3.64. The number of unbranched alkanes of at least 4 members (excludes halogenated alkanes) is 1. The summed E-state index contributed by atoms with van der Waals surface area (Å²) in [5, 5.41) is 10.9. The summed E-state index contributed by atoms with van der Waals surface area (Å²) in [6.45, 7) is 2.05. The second kappa shape index (κ2) is 9.51. The standard InChI is InChI=1S/C26H21FN8OS/c1-2-3-4-23(36)31-15-7-14(9-28-10-15)18-8-16-19(13-30-18)34-35-25(16)26-32-20-12-29-11-17(24(20)33-26)21-5-6-22(27)37-21/h5-13H,2-4H2,1H3,(H,31,36)(H,32,33)(H,34,35). The van der Waals surface area contributed by atoms with Crippen LogP contribution < -0.4 is 5.32 Å². The molecule has 1 amide bonds. The van der Waals surface area contributed by atoms with Gasteiger partial charge in [0.2, 0.25) is 5.91 Å². The van der Waals surface area contributed by atoms with Crippen LogP contribution in [0, 0.1) is 5.13 Å². The number of nitrogens with zero attached hydrogens (tertiary/aromatic N) is 5. The Labute approximate surface area is 214 Å². The molecule has 0 spiro atoms. The Kier molecular flexibility index (Phi) is 5.89. The predicted molar refractivity (Wildman–Crippen MR) is 141 cm³/mol.